The van der Waals surface area contributed by atoms with Gasteiger partial charge in [-0.2, -0.15) is 0 Å². The Labute approximate surface area is 94.5 Å². The summed E-state index contributed by atoms with van der Waals surface area (Å²) in [6, 6.07) is -1.07. The Kier molecular flexibility index (Phi) is 1.70. The molecule has 1 aliphatic heterocycles. The van der Waals surface area contributed by atoms with Gasteiger partial charge in [-0.25, -0.2) is 0 Å². The number of piperidine rings is 1. The second kappa shape index (κ2) is 3.89. The Bertz CT molecular complexity index is 459. The number of rotatable bonds is 1. The highest BCUT2D eigenvalue weighted by Gasteiger charge is 2.30. The average Bonchev–Trinajstić information content (AvgIpc) is 2.35. The normalized spacial score (nSPS) is 24.7. The second-order valence-electron chi connectivity index (χ2n) is 3.47. The molecule has 2 nitrogen and oxygen atoms in total. The largest absolute Gasteiger partial charge is 0.385 e. The lowest BCUT2D eigenvalue weighted by Crippen LogP contribution is -2.39. The van der Waals surface area contributed by atoms with Crippen molar-refractivity contribution in [3.8, 4) is 0 Å². The lowest BCUT2D eigenvalue weighted by molar-refractivity contribution is 0.00595. The molecule has 14 heavy (non-hydrogen) atoms. The number of nitrogens with one attached hydrogen (secondary N) is 1. The first-order chi connectivity index (χ1) is 8.38. The van der Waals surface area contributed by atoms with Gasteiger partial charge in [0.2, 0.25) is 0 Å². The number of halogens is 1. The van der Waals surface area contributed by atoms with Crippen LogP contribution in [0.15, 0.2) is 24.2 Å². The molecule has 0 saturated carbocycles. The van der Waals surface area contributed by atoms with Crippen LogP contribution in [0.3, 0.4) is 0 Å². The summed E-state index contributed by atoms with van der Waals surface area (Å²) >= 11 is 5.74. The van der Waals surface area contributed by atoms with E-state index in [1.807, 2.05) is 0 Å². The van der Waals surface area contributed by atoms with Gasteiger partial charge in [-0.15, -0.1) is 0 Å². The molecule has 1 fully saturated rings. The van der Waals surface area contributed by atoms with Crippen LogP contribution < -0.4 is 5.32 Å². The molecule has 0 radical (unpaired) electrons. The first kappa shape index (κ1) is 6.11. The van der Waals surface area contributed by atoms with Crippen molar-refractivity contribution in [2.75, 3.05) is 13.1 Å². The summed E-state index contributed by atoms with van der Waals surface area (Å²) in [6.45, 7) is 1.16. The highest BCUT2D eigenvalue weighted by Crippen LogP contribution is 2.30. The van der Waals surface area contributed by atoms with Gasteiger partial charge in [0.15, 0.2) is 0 Å². The molecule has 2 rings (SSSR count). The summed E-state index contributed by atoms with van der Waals surface area (Å²) in [6.07, 6.45) is 0.733. The fourth-order valence-corrected chi connectivity index (χ4v) is 1.71. The predicted molar refractivity (Wildman–Crippen MR) is 57.5 cm³/mol. The molecule has 3 heteroatoms. The van der Waals surface area contributed by atoms with E-state index in [9.17, 15) is 5.11 Å². The van der Waals surface area contributed by atoms with Crippen LogP contribution >= 0.6 is 11.6 Å². The molecule has 0 amide bonds. The zero-order valence-corrected chi connectivity index (χ0v) is 8.41. The van der Waals surface area contributed by atoms with E-state index in [1.165, 1.54) is 0 Å². The first-order valence-electron chi connectivity index (χ1n) is 6.58. The van der Waals surface area contributed by atoms with Gasteiger partial charge in [-0.1, -0.05) is 23.7 Å². The highest BCUT2D eigenvalue weighted by atomic mass is 35.5. The topological polar surface area (TPSA) is 32.3 Å². The van der Waals surface area contributed by atoms with Gasteiger partial charge in [-0.3, -0.25) is 0 Å². The van der Waals surface area contributed by atoms with Gasteiger partial charge in [0, 0.05) is 5.02 Å². The smallest absolute Gasteiger partial charge is 0.0920 e. The van der Waals surface area contributed by atoms with Crippen LogP contribution in [0.4, 0.5) is 0 Å². The van der Waals surface area contributed by atoms with Gasteiger partial charge < -0.3 is 10.4 Å². The maximum atomic E-state index is 10.6. The Balaban J connectivity index is 2.63. The zero-order chi connectivity index (χ0) is 13.5. The van der Waals surface area contributed by atoms with Crippen LogP contribution in [0.1, 0.15) is 23.9 Å². The molecular formula is C11H14ClNO. The third kappa shape index (κ3) is 1.92. The van der Waals surface area contributed by atoms with E-state index in [-0.39, 0.29) is 34.8 Å². The van der Waals surface area contributed by atoms with Crippen molar-refractivity contribution in [3.05, 3.63) is 34.8 Å². The van der Waals surface area contributed by atoms with Crippen LogP contribution in [0.25, 0.3) is 0 Å². The van der Waals surface area contributed by atoms with Crippen molar-refractivity contribution in [2.24, 2.45) is 0 Å². The van der Waals surface area contributed by atoms with Crippen molar-refractivity contribution >= 4 is 11.6 Å². The Morgan fingerprint density at radius 3 is 2.43 bits per heavy atom. The van der Waals surface area contributed by atoms with E-state index >= 15 is 0 Å². The van der Waals surface area contributed by atoms with Crippen molar-refractivity contribution in [1.82, 2.24) is 5.32 Å². The number of hydrogen-bond acceptors (Lipinski definition) is 2. The van der Waals surface area contributed by atoms with E-state index in [4.69, 9.17) is 17.1 Å². The van der Waals surface area contributed by atoms with Crippen LogP contribution in [0, 0.1) is 0 Å². The summed E-state index contributed by atoms with van der Waals surface area (Å²) < 4.78 is 31.1. The molecule has 1 aromatic rings. The molecule has 76 valence electrons. The minimum absolute atomic E-state index is 0.0587. The SMILES string of the molecule is [2H]c1c([2H])c(C2(O)CCNCC2)c([2H])c([2H])c1Cl. The molecule has 0 unspecified atom stereocenters. The Morgan fingerprint density at radius 2 is 1.86 bits per heavy atom. The molecule has 0 spiro atoms. The van der Waals surface area contributed by atoms with Gasteiger partial charge in [-0.05, 0) is 43.6 Å². The second-order valence-corrected chi connectivity index (χ2v) is 3.85. The number of aliphatic hydroxyl groups is 1. The maximum Gasteiger partial charge on any atom is 0.0920 e. The summed E-state index contributed by atoms with van der Waals surface area (Å²) in [4.78, 5) is 0. The molecular weight excluding hydrogens is 198 g/mol. The monoisotopic (exact) mass is 215 g/mol. The fraction of sp³-hybridized carbons (Fsp3) is 0.455. The highest BCUT2D eigenvalue weighted by molar-refractivity contribution is 6.30. The molecule has 0 aromatic heterocycles. The lowest BCUT2D eigenvalue weighted by Gasteiger charge is -2.33. The standard InChI is InChI=1S/C11H14ClNO/c12-10-3-1-9(2-4-10)11(14)5-7-13-8-6-11/h1-4,13-14H,5-8H2/i1D,2D,3D,4D. The molecule has 1 aliphatic rings. The van der Waals surface area contributed by atoms with Crippen molar-refractivity contribution in [2.45, 2.75) is 18.4 Å². The van der Waals surface area contributed by atoms with Gasteiger partial charge in [0.05, 0.1) is 11.1 Å². The fourth-order valence-electron chi connectivity index (χ4n) is 1.62. The van der Waals surface area contributed by atoms with Gasteiger partial charge in [0.1, 0.15) is 0 Å². The van der Waals surface area contributed by atoms with Crippen LogP contribution in [0.5, 0.6) is 0 Å². The molecule has 0 bridgehead atoms. The zero-order valence-electron chi connectivity index (χ0n) is 11.7. The van der Waals surface area contributed by atoms with Gasteiger partial charge >= 0.3 is 0 Å². The summed E-state index contributed by atoms with van der Waals surface area (Å²) in [7, 11) is 0. The van der Waals surface area contributed by atoms with E-state index in [2.05, 4.69) is 5.32 Å². The van der Waals surface area contributed by atoms with E-state index < -0.39 is 5.60 Å². The average molecular weight is 216 g/mol. The van der Waals surface area contributed by atoms with Crippen molar-refractivity contribution in [3.63, 3.8) is 0 Å². The van der Waals surface area contributed by atoms with E-state index in [0.29, 0.717) is 25.9 Å². The third-order valence-electron chi connectivity index (χ3n) is 2.49. The maximum absolute atomic E-state index is 10.6. The van der Waals surface area contributed by atoms with E-state index in [0.717, 1.165) is 0 Å². The van der Waals surface area contributed by atoms with Gasteiger partial charge in [0.25, 0.3) is 0 Å². The van der Waals surface area contributed by atoms with Crippen LogP contribution in [0.2, 0.25) is 5.02 Å². The van der Waals surface area contributed by atoms with Crippen LogP contribution in [-0.4, -0.2) is 18.2 Å². The Hall–Kier alpha value is -0.570. The van der Waals surface area contributed by atoms with Crippen molar-refractivity contribution in [1.29, 1.82) is 0 Å². The molecule has 1 aromatic carbocycles. The molecule has 1 saturated heterocycles. The number of benzene rings is 1. The number of hydrogen-bond donors (Lipinski definition) is 2. The quantitative estimate of drug-likeness (QED) is 0.750. The minimum atomic E-state index is -1.31. The minimum Gasteiger partial charge on any atom is -0.385 e. The summed E-state index contributed by atoms with van der Waals surface area (Å²) in [5.41, 5.74) is -1.25. The Morgan fingerprint density at radius 1 is 1.29 bits per heavy atom. The molecule has 0 aliphatic carbocycles. The van der Waals surface area contributed by atoms with Crippen LogP contribution in [-0.2, 0) is 5.60 Å². The van der Waals surface area contributed by atoms with E-state index in [1.54, 1.807) is 0 Å². The predicted octanol–water partition coefficient (Wildman–Crippen LogP) is 1.91. The van der Waals surface area contributed by atoms with Crippen molar-refractivity contribution < 1.29 is 10.6 Å². The summed E-state index contributed by atoms with van der Waals surface area (Å²) in [5.74, 6) is 0. The first-order valence-corrected chi connectivity index (χ1v) is 4.95. The lowest BCUT2D eigenvalue weighted by atomic mass is 9.85. The molecule has 0 atom stereocenters. The summed E-state index contributed by atoms with van der Waals surface area (Å²) in [5, 5.41) is 13.4. The molecule has 1 heterocycles. The molecule has 2 N–H and O–H groups in total. The third-order valence-corrected chi connectivity index (χ3v) is 2.68.